The number of nitrogens with zero attached hydrogens (tertiary/aromatic N) is 4. The van der Waals surface area contributed by atoms with Crippen LogP contribution in [-0.2, 0) is 28.9 Å². The van der Waals surface area contributed by atoms with E-state index in [2.05, 4.69) is 11.1 Å². The van der Waals surface area contributed by atoms with Crippen molar-refractivity contribution < 1.29 is 19.1 Å². The third-order valence-corrected chi connectivity index (χ3v) is 8.80. The highest BCUT2D eigenvalue weighted by molar-refractivity contribution is 5.94. The fraction of sp³-hybridized carbons (Fsp3) is 0.562. The molecular weight excluding hydrogens is 504 g/mol. The summed E-state index contributed by atoms with van der Waals surface area (Å²) in [7, 11) is 0. The average Bonchev–Trinajstić information content (AvgIpc) is 3.56. The number of carbonyl (C=O) groups is 2. The van der Waals surface area contributed by atoms with Crippen LogP contribution in [0.2, 0.25) is 0 Å². The molecule has 8 nitrogen and oxygen atoms in total. The number of pyridine rings is 1. The molecule has 212 valence electrons. The van der Waals surface area contributed by atoms with Crippen molar-refractivity contribution in [1.82, 2.24) is 19.7 Å². The van der Waals surface area contributed by atoms with Crippen LogP contribution in [0.4, 0.5) is 0 Å². The number of amides is 1. The second-order valence-electron chi connectivity index (χ2n) is 11.9. The van der Waals surface area contributed by atoms with Gasteiger partial charge in [-0.3, -0.25) is 19.3 Å². The van der Waals surface area contributed by atoms with Crippen LogP contribution in [0.5, 0.6) is 5.75 Å². The summed E-state index contributed by atoms with van der Waals surface area (Å²) in [4.78, 5) is 32.5. The standard InChI is InChI=1S/C32H40N4O4/c1-21-18-35(19-22(2)39-21)32(38)31-28-6-4-7-29(28)36(34-31)20-25(37)12-9-23-10-13-26(14-11-23)40-30-8-3-5-24-17-33-16-15-27(24)30/h3,5,8,15-17,21-23,26H,4,6-7,9-14,18-20H2,1-2H3/t21-,22+,23?,26?. The Labute approximate surface area is 236 Å². The van der Waals surface area contributed by atoms with E-state index in [0.29, 0.717) is 31.1 Å². The molecule has 1 saturated heterocycles. The van der Waals surface area contributed by atoms with Crippen molar-refractivity contribution in [3.63, 3.8) is 0 Å². The number of aromatic nitrogens is 3. The molecule has 2 fully saturated rings. The van der Waals surface area contributed by atoms with Crippen LogP contribution in [0.3, 0.4) is 0 Å². The Kier molecular flexibility index (Phi) is 7.87. The first kappa shape index (κ1) is 26.9. The van der Waals surface area contributed by atoms with E-state index in [-0.39, 0.29) is 36.5 Å². The molecule has 1 aliphatic heterocycles. The lowest BCUT2D eigenvalue weighted by Gasteiger charge is -2.35. The first-order chi connectivity index (χ1) is 19.4. The van der Waals surface area contributed by atoms with Crippen LogP contribution in [0.15, 0.2) is 36.7 Å². The van der Waals surface area contributed by atoms with Crippen LogP contribution < -0.4 is 4.74 Å². The summed E-state index contributed by atoms with van der Waals surface area (Å²) in [6.07, 6.45) is 12.3. The molecule has 8 heteroatoms. The number of carbonyl (C=O) groups excluding carboxylic acids is 2. The van der Waals surface area contributed by atoms with E-state index in [1.54, 1.807) is 0 Å². The Morgan fingerprint density at radius 2 is 1.85 bits per heavy atom. The molecule has 0 spiro atoms. The van der Waals surface area contributed by atoms with Crippen LogP contribution in [-0.4, -0.2) is 62.8 Å². The van der Waals surface area contributed by atoms with E-state index in [4.69, 9.17) is 14.6 Å². The van der Waals surface area contributed by atoms with Gasteiger partial charge in [0, 0.05) is 53.9 Å². The summed E-state index contributed by atoms with van der Waals surface area (Å²) < 4.78 is 14.0. The molecule has 6 rings (SSSR count). The number of Topliss-reactive ketones (excluding diaryl/α,β-unsaturated/α-hetero) is 1. The lowest BCUT2D eigenvalue weighted by atomic mass is 9.84. The molecule has 3 aromatic rings. The van der Waals surface area contributed by atoms with Gasteiger partial charge in [0.25, 0.3) is 5.91 Å². The predicted octanol–water partition coefficient (Wildman–Crippen LogP) is 5.16. The quantitative estimate of drug-likeness (QED) is 0.390. The minimum Gasteiger partial charge on any atom is -0.490 e. The maximum absolute atomic E-state index is 13.4. The third kappa shape index (κ3) is 5.78. The molecule has 40 heavy (non-hydrogen) atoms. The Hall–Kier alpha value is -3.26. The fourth-order valence-electron chi connectivity index (χ4n) is 6.83. The molecule has 0 bridgehead atoms. The first-order valence-corrected chi connectivity index (χ1v) is 15.0. The minimum absolute atomic E-state index is 0.0156. The number of fused-ring (bicyclic) bond motifs is 2. The first-order valence-electron chi connectivity index (χ1n) is 15.0. The van der Waals surface area contributed by atoms with Crippen molar-refractivity contribution in [2.24, 2.45) is 5.92 Å². The molecule has 1 saturated carbocycles. The predicted molar refractivity (Wildman–Crippen MR) is 153 cm³/mol. The summed E-state index contributed by atoms with van der Waals surface area (Å²) in [5.41, 5.74) is 2.67. The van der Waals surface area contributed by atoms with Crippen molar-refractivity contribution in [2.75, 3.05) is 13.1 Å². The molecular formula is C32H40N4O4. The van der Waals surface area contributed by atoms with Crippen LogP contribution in [0, 0.1) is 5.92 Å². The lowest BCUT2D eigenvalue weighted by Crippen LogP contribution is -2.48. The molecule has 1 aromatic carbocycles. The van der Waals surface area contributed by atoms with Crippen LogP contribution in [0.1, 0.15) is 80.5 Å². The lowest BCUT2D eigenvalue weighted by molar-refractivity contribution is -0.120. The van der Waals surface area contributed by atoms with Gasteiger partial charge in [-0.25, -0.2) is 0 Å². The van der Waals surface area contributed by atoms with E-state index in [1.165, 1.54) is 0 Å². The van der Waals surface area contributed by atoms with Gasteiger partial charge in [-0.2, -0.15) is 5.10 Å². The van der Waals surface area contributed by atoms with Crippen LogP contribution >= 0.6 is 0 Å². The number of ketones is 1. The average molecular weight is 545 g/mol. The SMILES string of the molecule is C[C@@H]1CN(C(=O)c2nn(CC(=O)CCC3CCC(Oc4cccc5cnccc45)CC3)c3c2CCC3)C[C@H](C)O1. The van der Waals surface area contributed by atoms with E-state index < -0.39 is 0 Å². The largest absolute Gasteiger partial charge is 0.490 e. The normalized spacial score (nSPS) is 24.7. The number of rotatable bonds is 8. The number of ether oxygens (including phenoxy) is 2. The third-order valence-electron chi connectivity index (χ3n) is 8.80. The molecule has 2 atom stereocenters. The smallest absolute Gasteiger partial charge is 0.274 e. The monoisotopic (exact) mass is 544 g/mol. The molecule has 2 aliphatic carbocycles. The molecule has 0 radical (unpaired) electrons. The number of hydrogen-bond donors (Lipinski definition) is 0. The van der Waals surface area contributed by atoms with Crippen LogP contribution in [0.25, 0.3) is 10.8 Å². The highest BCUT2D eigenvalue weighted by atomic mass is 16.5. The zero-order valence-electron chi connectivity index (χ0n) is 23.7. The van der Waals surface area contributed by atoms with Crippen molar-refractivity contribution in [2.45, 2.75) is 96.5 Å². The van der Waals surface area contributed by atoms with Gasteiger partial charge in [0.2, 0.25) is 0 Å². The fourth-order valence-corrected chi connectivity index (χ4v) is 6.83. The molecule has 3 heterocycles. The van der Waals surface area contributed by atoms with E-state index in [1.807, 2.05) is 54.0 Å². The van der Waals surface area contributed by atoms with Gasteiger partial charge >= 0.3 is 0 Å². The van der Waals surface area contributed by atoms with Crippen molar-refractivity contribution >= 4 is 22.5 Å². The molecule has 1 amide bonds. The van der Waals surface area contributed by atoms with Gasteiger partial charge in [-0.05, 0) is 83.3 Å². The van der Waals surface area contributed by atoms with Gasteiger partial charge in [0.05, 0.1) is 24.9 Å². The molecule has 0 unspecified atom stereocenters. The van der Waals surface area contributed by atoms with Gasteiger partial charge < -0.3 is 14.4 Å². The maximum atomic E-state index is 13.4. The summed E-state index contributed by atoms with van der Waals surface area (Å²) in [5, 5.41) is 6.91. The Morgan fingerprint density at radius 1 is 1.05 bits per heavy atom. The number of hydrogen-bond acceptors (Lipinski definition) is 6. The Bertz CT molecular complexity index is 1360. The Balaban J connectivity index is 1.01. The maximum Gasteiger partial charge on any atom is 0.274 e. The van der Waals surface area contributed by atoms with Gasteiger partial charge in [0.1, 0.15) is 5.75 Å². The summed E-state index contributed by atoms with van der Waals surface area (Å²) >= 11 is 0. The highest BCUT2D eigenvalue weighted by Crippen LogP contribution is 2.33. The second kappa shape index (κ2) is 11.7. The summed E-state index contributed by atoms with van der Waals surface area (Å²) in [6, 6.07) is 8.14. The van der Waals surface area contributed by atoms with Gasteiger partial charge in [-0.1, -0.05) is 12.1 Å². The summed E-state index contributed by atoms with van der Waals surface area (Å²) in [5.74, 6) is 1.66. The Morgan fingerprint density at radius 3 is 2.65 bits per heavy atom. The highest BCUT2D eigenvalue weighted by Gasteiger charge is 2.33. The van der Waals surface area contributed by atoms with Crippen molar-refractivity contribution in [3.8, 4) is 5.75 Å². The zero-order valence-corrected chi connectivity index (χ0v) is 23.7. The van der Waals surface area contributed by atoms with E-state index >= 15 is 0 Å². The molecule has 0 N–H and O–H groups in total. The molecule has 3 aliphatic rings. The summed E-state index contributed by atoms with van der Waals surface area (Å²) in [6.45, 7) is 5.42. The minimum atomic E-state index is -0.0227. The molecule has 2 aromatic heterocycles. The van der Waals surface area contributed by atoms with Crippen molar-refractivity contribution in [1.29, 1.82) is 0 Å². The van der Waals surface area contributed by atoms with E-state index in [0.717, 1.165) is 79.1 Å². The van der Waals surface area contributed by atoms with Gasteiger partial charge in [0.15, 0.2) is 11.5 Å². The van der Waals surface area contributed by atoms with Gasteiger partial charge in [-0.15, -0.1) is 0 Å². The topological polar surface area (TPSA) is 86.6 Å². The number of benzene rings is 1. The number of morpholine rings is 1. The second-order valence-corrected chi connectivity index (χ2v) is 11.9. The van der Waals surface area contributed by atoms with Crippen molar-refractivity contribution in [3.05, 3.63) is 53.6 Å². The van der Waals surface area contributed by atoms with E-state index in [9.17, 15) is 9.59 Å². The zero-order chi connectivity index (χ0) is 27.6.